The van der Waals surface area contributed by atoms with Crippen LogP contribution in [0.15, 0.2) is 29.2 Å². The minimum atomic E-state index is -0.723. The van der Waals surface area contributed by atoms with Crippen LogP contribution in [0.25, 0.3) is 0 Å². The van der Waals surface area contributed by atoms with Gasteiger partial charge in [-0.2, -0.15) is 0 Å². The van der Waals surface area contributed by atoms with Gasteiger partial charge in [-0.15, -0.1) is 11.8 Å². The van der Waals surface area contributed by atoms with Crippen LogP contribution in [0.5, 0.6) is 0 Å². The largest absolute Gasteiger partial charge is 0.480 e. The summed E-state index contributed by atoms with van der Waals surface area (Å²) in [7, 11) is 0. The first-order chi connectivity index (χ1) is 9.58. The van der Waals surface area contributed by atoms with Crippen molar-refractivity contribution in [2.45, 2.75) is 56.2 Å². The van der Waals surface area contributed by atoms with E-state index in [4.69, 9.17) is 0 Å². The van der Waals surface area contributed by atoms with Gasteiger partial charge in [0.1, 0.15) is 5.25 Å². The van der Waals surface area contributed by atoms with E-state index in [1.54, 1.807) is 0 Å². The second-order valence-electron chi connectivity index (χ2n) is 4.98. The third-order valence-electron chi connectivity index (χ3n) is 3.19. The van der Waals surface area contributed by atoms with Gasteiger partial charge < -0.3 is 10.4 Å². The van der Waals surface area contributed by atoms with E-state index in [1.807, 2.05) is 19.1 Å². The normalized spacial score (nSPS) is 13.9. The Morgan fingerprint density at radius 3 is 2.40 bits per heavy atom. The van der Waals surface area contributed by atoms with Crippen molar-refractivity contribution in [3.63, 3.8) is 0 Å². The number of carboxylic acid groups (broad SMARTS) is 1. The molecule has 0 aliphatic carbocycles. The van der Waals surface area contributed by atoms with Crippen molar-refractivity contribution in [1.29, 1.82) is 0 Å². The second-order valence-corrected chi connectivity index (χ2v) is 6.25. The number of rotatable bonds is 9. The molecule has 0 amide bonds. The monoisotopic (exact) mass is 295 g/mol. The molecule has 0 bridgehead atoms. The fourth-order valence-electron chi connectivity index (χ4n) is 1.97. The van der Waals surface area contributed by atoms with Gasteiger partial charge in [0.15, 0.2) is 0 Å². The lowest BCUT2D eigenvalue weighted by Crippen LogP contribution is -2.19. The molecule has 1 aromatic carbocycles. The molecular formula is C16H25NO2S. The molecule has 3 nitrogen and oxygen atoms in total. The molecule has 0 aliphatic rings. The van der Waals surface area contributed by atoms with Crippen LogP contribution in [0.4, 0.5) is 0 Å². The number of carbonyl (C=O) groups is 1. The molecule has 20 heavy (non-hydrogen) atoms. The number of thioether (sulfide) groups is 1. The molecule has 0 aliphatic heterocycles. The molecule has 0 saturated carbocycles. The zero-order chi connectivity index (χ0) is 15.0. The summed E-state index contributed by atoms with van der Waals surface area (Å²) in [5, 5.41) is 12.3. The van der Waals surface area contributed by atoms with Gasteiger partial charge in [-0.3, -0.25) is 4.79 Å². The van der Waals surface area contributed by atoms with E-state index in [-0.39, 0.29) is 5.25 Å². The Hall–Kier alpha value is -1.00. The Kier molecular flexibility index (Phi) is 7.70. The van der Waals surface area contributed by atoms with Crippen molar-refractivity contribution in [2.75, 3.05) is 6.54 Å². The Bertz CT molecular complexity index is 405. The smallest absolute Gasteiger partial charge is 0.316 e. The van der Waals surface area contributed by atoms with Crippen LogP contribution < -0.4 is 5.32 Å². The predicted molar refractivity (Wildman–Crippen MR) is 85.3 cm³/mol. The van der Waals surface area contributed by atoms with E-state index < -0.39 is 5.97 Å². The van der Waals surface area contributed by atoms with Crippen LogP contribution in [0.1, 0.15) is 51.6 Å². The number of aliphatic carboxylic acids is 1. The topological polar surface area (TPSA) is 49.3 Å². The average Bonchev–Trinajstić information content (AvgIpc) is 2.45. The fraction of sp³-hybridized carbons (Fsp3) is 0.562. The molecule has 2 atom stereocenters. The number of hydrogen-bond donors (Lipinski definition) is 2. The van der Waals surface area contributed by atoms with Gasteiger partial charge in [0.05, 0.1) is 0 Å². The third kappa shape index (κ3) is 5.55. The lowest BCUT2D eigenvalue weighted by atomic mass is 10.1. The Labute approximate surface area is 126 Å². The van der Waals surface area contributed by atoms with Crippen LogP contribution >= 0.6 is 11.8 Å². The lowest BCUT2D eigenvalue weighted by molar-refractivity contribution is -0.136. The highest BCUT2D eigenvalue weighted by Gasteiger charge is 2.17. The molecule has 2 N–H and O–H groups in total. The van der Waals surface area contributed by atoms with Crippen LogP contribution in [0.2, 0.25) is 0 Å². The van der Waals surface area contributed by atoms with Gasteiger partial charge in [0, 0.05) is 10.9 Å². The summed E-state index contributed by atoms with van der Waals surface area (Å²) < 4.78 is 0. The van der Waals surface area contributed by atoms with Crippen LogP contribution in [-0.4, -0.2) is 22.9 Å². The first-order valence-corrected chi connectivity index (χ1v) is 8.19. The lowest BCUT2D eigenvalue weighted by Gasteiger charge is -2.15. The summed E-state index contributed by atoms with van der Waals surface area (Å²) in [6.45, 7) is 7.32. The highest BCUT2D eigenvalue weighted by molar-refractivity contribution is 8.00. The number of hydrogen-bond acceptors (Lipinski definition) is 3. The van der Waals surface area contributed by atoms with Gasteiger partial charge >= 0.3 is 5.97 Å². The van der Waals surface area contributed by atoms with Gasteiger partial charge in [-0.25, -0.2) is 0 Å². The highest BCUT2D eigenvalue weighted by atomic mass is 32.2. The molecule has 0 spiro atoms. The fourth-order valence-corrected chi connectivity index (χ4v) is 3.05. The zero-order valence-corrected chi connectivity index (χ0v) is 13.4. The van der Waals surface area contributed by atoms with Crippen molar-refractivity contribution >= 4 is 17.7 Å². The quantitative estimate of drug-likeness (QED) is 0.674. The first kappa shape index (κ1) is 17.1. The van der Waals surface area contributed by atoms with Crippen LogP contribution in [0.3, 0.4) is 0 Å². The molecule has 0 aromatic heterocycles. The molecule has 112 valence electrons. The van der Waals surface area contributed by atoms with E-state index in [0.717, 1.165) is 24.3 Å². The maximum absolute atomic E-state index is 11.2. The number of benzene rings is 1. The van der Waals surface area contributed by atoms with Crippen LogP contribution in [0, 0.1) is 0 Å². The Morgan fingerprint density at radius 2 is 1.90 bits per heavy atom. The van der Waals surface area contributed by atoms with Crippen molar-refractivity contribution < 1.29 is 9.90 Å². The first-order valence-electron chi connectivity index (χ1n) is 7.31. The summed E-state index contributed by atoms with van der Waals surface area (Å²) in [6.07, 6.45) is 2.71. The maximum Gasteiger partial charge on any atom is 0.316 e. The van der Waals surface area contributed by atoms with Crippen molar-refractivity contribution in [3.8, 4) is 0 Å². The molecule has 2 unspecified atom stereocenters. The molecule has 0 fully saturated rings. The third-order valence-corrected chi connectivity index (χ3v) is 4.45. The summed E-state index contributed by atoms with van der Waals surface area (Å²) in [6, 6.07) is 8.55. The molecule has 4 heteroatoms. The standard InChI is InChI=1S/C16H25NO2S/c1-4-6-15(16(18)19)20-14-9-7-13(8-10-14)12(3)17-11-5-2/h7-10,12,15,17H,4-6,11H2,1-3H3,(H,18,19). The zero-order valence-electron chi connectivity index (χ0n) is 12.6. The van der Waals surface area contributed by atoms with E-state index in [1.165, 1.54) is 17.3 Å². The van der Waals surface area contributed by atoms with Gasteiger partial charge in [-0.05, 0) is 44.0 Å². The summed E-state index contributed by atoms with van der Waals surface area (Å²) in [5.41, 5.74) is 1.24. The maximum atomic E-state index is 11.2. The number of carboxylic acids is 1. The second kappa shape index (κ2) is 9.03. The molecule has 0 saturated heterocycles. The summed E-state index contributed by atoms with van der Waals surface area (Å²) >= 11 is 1.44. The van der Waals surface area contributed by atoms with Gasteiger partial charge in [-0.1, -0.05) is 32.4 Å². The van der Waals surface area contributed by atoms with E-state index >= 15 is 0 Å². The van der Waals surface area contributed by atoms with Crippen molar-refractivity contribution in [1.82, 2.24) is 5.32 Å². The average molecular weight is 295 g/mol. The van der Waals surface area contributed by atoms with Crippen molar-refractivity contribution in [2.24, 2.45) is 0 Å². The SMILES string of the molecule is CCCNC(C)c1ccc(SC(CCC)C(=O)O)cc1. The van der Waals surface area contributed by atoms with E-state index in [0.29, 0.717) is 12.5 Å². The van der Waals surface area contributed by atoms with Crippen LogP contribution in [-0.2, 0) is 4.79 Å². The van der Waals surface area contributed by atoms with Crippen molar-refractivity contribution in [3.05, 3.63) is 29.8 Å². The predicted octanol–water partition coefficient (Wildman–Crippen LogP) is 4.09. The van der Waals surface area contributed by atoms with Gasteiger partial charge in [0.2, 0.25) is 0 Å². The molecule has 1 rings (SSSR count). The highest BCUT2D eigenvalue weighted by Crippen LogP contribution is 2.27. The Balaban J connectivity index is 2.63. The summed E-state index contributed by atoms with van der Waals surface area (Å²) in [5.74, 6) is -0.723. The molecule has 0 radical (unpaired) electrons. The van der Waals surface area contributed by atoms with E-state index in [9.17, 15) is 9.90 Å². The number of nitrogens with one attached hydrogen (secondary N) is 1. The molecule has 1 aromatic rings. The Morgan fingerprint density at radius 1 is 1.25 bits per heavy atom. The molecular weight excluding hydrogens is 270 g/mol. The van der Waals surface area contributed by atoms with E-state index in [2.05, 4.69) is 31.3 Å². The minimum Gasteiger partial charge on any atom is -0.480 e. The minimum absolute atomic E-state index is 0.333. The summed E-state index contributed by atoms with van der Waals surface area (Å²) in [4.78, 5) is 12.2. The van der Waals surface area contributed by atoms with Gasteiger partial charge in [0.25, 0.3) is 0 Å². The molecule has 0 heterocycles.